The van der Waals surface area contributed by atoms with Crippen molar-refractivity contribution in [1.29, 1.82) is 0 Å². The Morgan fingerprint density at radius 2 is 1.73 bits per heavy atom. The van der Waals surface area contributed by atoms with Gasteiger partial charge < -0.3 is 15.1 Å². The van der Waals surface area contributed by atoms with E-state index in [4.69, 9.17) is 0 Å². The Morgan fingerprint density at radius 1 is 0.967 bits per heavy atom. The number of nitrogens with one attached hydrogen (secondary N) is 1. The lowest BCUT2D eigenvalue weighted by molar-refractivity contribution is 0.0768. The molecule has 0 spiro atoms. The maximum atomic E-state index is 13.3. The highest BCUT2D eigenvalue weighted by Crippen LogP contribution is 2.23. The molecule has 4 rings (SSSR count). The van der Waals surface area contributed by atoms with Crippen LogP contribution in [0.25, 0.3) is 0 Å². The van der Waals surface area contributed by atoms with Crippen molar-refractivity contribution in [3.05, 3.63) is 75.7 Å². The van der Waals surface area contributed by atoms with Gasteiger partial charge in [0.25, 0.3) is 11.8 Å². The fraction of sp³-hybridized carbons (Fsp3) is 0.227. The summed E-state index contributed by atoms with van der Waals surface area (Å²) in [6, 6.07) is 14.4. The summed E-state index contributed by atoms with van der Waals surface area (Å²) in [5.41, 5.74) is 1.54. The topological polar surface area (TPSA) is 65.5 Å². The number of rotatable bonds is 4. The van der Waals surface area contributed by atoms with Gasteiger partial charge in [0.05, 0.1) is 16.8 Å². The smallest absolute Gasteiger partial charge is 0.256 e. The lowest BCUT2D eigenvalue weighted by atomic mass is 10.1. The first-order chi connectivity index (χ1) is 14.6. The number of nitrogens with zero attached hydrogens (tertiary/aromatic N) is 3. The predicted molar refractivity (Wildman–Crippen MR) is 123 cm³/mol. The summed E-state index contributed by atoms with van der Waals surface area (Å²) in [6.07, 6.45) is 2.68. The van der Waals surface area contributed by atoms with Crippen LogP contribution in [0.2, 0.25) is 0 Å². The lowest BCUT2D eigenvalue weighted by Gasteiger charge is -2.23. The zero-order valence-electron chi connectivity index (χ0n) is 16.3. The van der Waals surface area contributed by atoms with Gasteiger partial charge >= 0.3 is 0 Å². The van der Waals surface area contributed by atoms with E-state index >= 15 is 0 Å². The Hall–Kier alpha value is -2.71. The van der Waals surface area contributed by atoms with E-state index < -0.39 is 0 Å². The van der Waals surface area contributed by atoms with Crippen LogP contribution in [0.5, 0.6) is 0 Å². The summed E-state index contributed by atoms with van der Waals surface area (Å²) in [5.74, 6) is -0.326. The number of carbonyl (C=O) groups excluding carboxylic acids is 2. The number of carbonyl (C=O) groups is 2. The third-order valence-electron chi connectivity index (χ3n) is 5.00. The fourth-order valence-corrected chi connectivity index (χ4v) is 4.63. The molecule has 2 heterocycles. The maximum Gasteiger partial charge on any atom is 0.256 e. The van der Waals surface area contributed by atoms with Gasteiger partial charge in [-0.15, -0.1) is 11.3 Å². The van der Waals surface area contributed by atoms with Crippen LogP contribution in [-0.2, 0) is 0 Å². The molecule has 0 bridgehead atoms. The Balaban J connectivity index is 1.49. The number of hydrogen-bond acceptors (Lipinski definition) is 5. The van der Waals surface area contributed by atoms with Crippen LogP contribution >= 0.6 is 27.3 Å². The van der Waals surface area contributed by atoms with Gasteiger partial charge in [-0.1, -0.05) is 24.3 Å². The second-order valence-electron chi connectivity index (χ2n) is 6.93. The largest absolute Gasteiger partial charge is 0.346 e. The molecule has 2 aromatic carbocycles. The quantitative estimate of drug-likeness (QED) is 0.591. The molecule has 1 aromatic heterocycles. The number of halogens is 1. The van der Waals surface area contributed by atoms with Gasteiger partial charge in [0.2, 0.25) is 0 Å². The van der Waals surface area contributed by atoms with E-state index in [2.05, 4.69) is 31.1 Å². The molecular formula is C22H21BrN4O2S. The van der Waals surface area contributed by atoms with Crippen LogP contribution < -0.4 is 10.2 Å². The highest BCUT2D eigenvalue weighted by atomic mass is 79.9. The summed E-state index contributed by atoms with van der Waals surface area (Å²) < 4.78 is 0.709. The standard InChI is InChI=1S/C22H21BrN4O2S/c23-18-8-3-1-6-16(18)20(28)25-19-9-4-2-7-17(19)21(29)26-11-5-12-27(14-13-26)22-24-10-15-30-22/h1-4,6-10,15H,5,11-14H2,(H,25,28). The Kier molecular flexibility index (Phi) is 6.44. The highest BCUT2D eigenvalue weighted by Gasteiger charge is 2.23. The zero-order chi connectivity index (χ0) is 20.9. The van der Waals surface area contributed by atoms with Crippen molar-refractivity contribution in [2.45, 2.75) is 6.42 Å². The molecule has 1 fully saturated rings. The third kappa shape index (κ3) is 4.55. The van der Waals surface area contributed by atoms with Crippen LogP contribution in [0.1, 0.15) is 27.1 Å². The Morgan fingerprint density at radius 3 is 2.50 bits per heavy atom. The first-order valence-corrected chi connectivity index (χ1v) is 11.4. The van der Waals surface area contributed by atoms with Gasteiger partial charge in [0, 0.05) is 42.2 Å². The molecule has 154 valence electrons. The minimum Gasteiger partial charge on any atom is -0.346 e. The second kappa shape index (κ2) is 9.40. The maximum absolute atomic E-state index is 13.3. The normalized spacial score (nSPS) is 14.3. The summed E-state index contributed by atoms with van der Waals surface area (Å²) in [5, 5.41) is 5.86. The van der Waals surface area contributed by atoms with Crippen molar-refractivity contribution >= 4 is 49.9 Å². The molecule has 1 saturated heterocycles. The molecule has 0 atom stereocenters. The average molecular weight is 485 g/mol. The van der Waals surface area contributed by atoms with Gasteiger partial charge in [-0.2, -0.15) is 0 Å². The molecule has 2 amide bonds. The summed E-state index contributed by atoms with van der Waals surface area (Å²) in [7, 11) is 0. The minimum atomic E-state index is -0.256. The molecule has 0 radical (unpaired) electrons. The summed E-state index contributed by atoms with van der Waals surface area (Å²) in [4.78, 5) is 34.5. The van der Waals surface area contributed by atoms with Crippen LogP contribution in [0, 0.1) is 0 Å². The molecule has 1 N–H and O–H groups in total. The van der Waals surface area contributed by atoms with Gasteiger partial charge in [-0.25, -0.2) is 4.98 Å². The summed E-state index contributed by atoms with van der Waals surface area (Å²) >= 11 is 5.02. The number of hydrogen-bond donors (Lipinski definition) is 1. The number of para-hydroxylation sites is 1. The lowest BCUT2D eigenvalue weighted by Crippen LogP contribution is -2.35. The number of amides is 2. The molecule has 1 aliphatic rings. The first kappa shape index (κ1) is 20.6. The number of anilines is 2. The number of benzene rings is 2. The molecule has 1 aliphatic heterocycles. The molecule has 0 saturated carbocycles. The highest BCUT2D eigenvalue weighted by molar-refractivity contribution is 9.10. The molecule has 8 heteroatoms. The van der Waals surface area contributed by atoms with Crippen molar-refractivity contribution in [2.24, 2.45) is 0 Å². The van der Waals surface area contributed by atoms with Crippen molar-refractivity contribution in [3.8, 4) is 0 Å². The van der Waals surface area contributed by atoms with Gasteiger partial charge in [0.15, 0.2) is 5.13 Å². The van der Waals surface area contributed by atoms with E-state index in [9.17, 15) is 9.59 Å². The monoisotopic (exact) mass is 484 g/mol. The minimum absolute atomic E-state index is 0.0704. The van der Waals surface area contributed by atoms with E-state index in [1.165, 1.54) is 0 Å². The van der Waals surface area contributed by atoms with Crippen molar-refractivity contribution in [3.63, 3.8) is 0 Å². The first-order valence-electron chi connectivity index (χ1n) is 9.72. The van der Waals surface area contributed by atoms with E-state index in [1.807, 2.05) is 40.6 Å². The van der Waals surface area contributed by atoms with E-state index in [-0.39, 0.29) is 11.8 Å². The van der Waals surface area contributed by atoms with Crippen molar-refractivity contribution in [1.82, 2.24) is 9.88 Å². The fourth-order valence-electron chi connectivity index (χ4n) is 3.47. The van der Waals surface area contributed by atoms with Crippen LogP contribution in [0.3, 0.4) is 0 Å². The van der Waals surface area contributed by atoms with Gasteiger partial charge in [-0.3, -0.25) is 9.59 Å². The zero-order valence-corrected chi connectivity index (χ0v) is 18.7. The molecule has 6 nitrogen and oxygen atoms in total. The van der Waals surface area contributed by atoms with E-state index in [1.54, 1.807) is 35.7 Å². The van der Waals surface area contributed by atoms with Crippen LogP contribution in [-0.4, -0.2) is 47.9 Å². The molecule has 30 heavy (non-hydrogen) atoms. The molecular weight excluding hydrogens is 464 g/mol. The van der Waals surface area contributed by atoms with Crippen molar-refractivity contribution < 1.29 is 9.59 Å². The Labute approximate surface area is 187 Å². The molecule has 0 aliphatic carbocycles. The van der Waals surface area contributed by atoms with Crippen molar-refractivity contribution in [2.75, 3.05) is 36.4 Å². The molecule has 3 aromatic rings. The number of aromatic nitrogens is 1. The number of thiazole rings is 1. The predicted octanol–water partition coefficient (Wildman–Crippen LogP) is 4.51. The summed E-state index contributed by atoms with van der Waals surface area (Å²) in [6.45, 7) is 2.90. The van der Waals surface area contributed by atoms with Gasteiger partial charge in [0.1, 0.15) is 0 Å². The van der Waals surface area contributed by atoms with E-state index in [0.29, 0.717) is 34.4 Å². The second-order valence-corrected chi connectivity index (χ2v) is 8.65. The average Bonchev–Trinajstić information content (AvgIpc) is 3.18. The SMILES string of the molecule is O=C(Nc1ccccc1C(=O)N1CCCN(c2nccs2)CC1)c1ccccc1Br. The Bertz CT molecular complexity index is 1040. The van der Waals surface area contributed by atoms with Gasteiger partial charge in [-0.05, 0) is 46.6 Å². The van der Waals surface area contributed by atoms with Crippen LogP contribution in [0.15, 0.2) is 64.6 Å². The van der Waals surface area contributed by atoms with E-state index in [0.717, 1.165) is 24.6 Å². The van der Waals surface area contributed by atoms with Crippen LogP contribution in [0.4, 0.5) is 10.8 Å². The third-order valence-corrected chi connectivity index (χ3v) is 6.52. The molecule has 0 unspecified atom stereocenters.